The second-order valence-electron chi connectivity index (χ2n) is 6.34. The minimum Gasteiger partial charge on any atom is -0.321 e. The minimum absolute atomic E-state index is 0.0164. The summed E-state index contributed by atoms with van der Waals surface area (Å²) in [4.78, 5) is 41.0. The summed E-state index contributed by atoms with van der Waals surface area (Å²) in [6.45, 7) is 0. The van der Waals surface area contributed by atoms with Gasteiger partial charge in [0.05, 0.1) is 5.39 Å². The zero-order valence-electron chi connectivity index (χ0n) is 15.5. The standard InChI is InChI=1S/C19H15FN6O3/c1-24-16-12(18(28)25(2)19(24)29)5-6-14(23-16)17(27)22-11-4-7-15(13(20)10-11)26-9-3-8-21-26/h3-10H,1-2H3,(H,22,27). The van der Waals surface area contributed by atoms with E-state index in [1.165, 1.54) is 59.9 Å². The van der Waals surface area contributed by atoms with Crippen molar-refractivity contribution in [3.05, 3.63) is 81.1 Å². The predicted molar refractivity (Wildman–Crippen MR) is 104 cm³/mol. The molecule has 0 spiro atoms. The average molecular weight is 394 g/mol. The molecule has 0 saturated carbocycles. The van der Waals surface area contributed by atoms with Crippen LogP contribution in [0.5, 0.6) is 0 Å². The predicted octanol–water partition coefficient (Wildman–Crippen LogP) is 1.21. The maximum atomic E-state index is 14.4. The van der Waals surface area contributed by atoms with Crippen LogP contribution < -0.4 is 16.6 Å². The van der Waals surface area contributed by atoms with E-state index < -0.39 is 23.0 Å². The van der Waals surface area contributed by atoms with E-state index in [-0.39, 0.29) is 28.1 Å². The Hall–Kier alpha value is -4.08. The highest BCUT2D eigenvalue weighted by Gasteiger charge is 2.15. The van der Waals surface area contributed by atoms with Crippen LogP contribution in [0.3, 0.4) is 0 Å². The van der Waals surface area contributed by atoms with Crippen molar-refractivity contribution in [3.8, 4) is 5.69 Å². The van der Waals surface area contributed by atoms with E-state index in [9.17, 15) is 18.8 Å². The van der Waals surface area contributed by atoms with E-state index >= 15 is 0 Å². The second-order valence-corrected chi connectivity index (χ2v) is 6.34. The summed E-state index contributed by atoms with van der Waals surface area (Å²) in [7, 11) is 2.83. The van der Waals surface area contributed by atoms with Crippen molar-refractivity contribution in [2.75, 3.05) is 5.32 Å². The van der Waals surface area contributed by atoms with Crippen LogP contribution in [0, 0.1) is 5.82 Å². The maximum Gasteiger partial charge on any atom is 0.332 e. The molecule has 3 aromatic heterocycles. The van der Waals surface area contributed by atoms with Crippen LogP contribution in [0.4, 0.5) is 10.1 Å². The van der Waals surface area contributed by atoms with Crippen molar-refractivity contribution in [1.29, 1.82) is 0 Å². The molecular weight excluding hydrogens is 379 g/mol. The van der Waals surface area contributed by atoms with Gasteiger partial charge in [-0.1, -0.05) is 0 Å². The van der Waals surface area contributed by atoms with Crippen molar-refractivity contribution in [1.82, 2.24) is 23.9 Å². The van der Waals surface area contributed by atoms with Gasteiger partial charge in [-0.05, 0) is 36.4 Å². The fourth-order valence-corrected chi connectivity index (χ4v) is 2.96. The lowest BCUT2D eigenvalue weighted by Gasteiger charge is -2.10. The largest absolute Gasteiger partial charge is 0.332 e. The molecular formula is C19H15FN6O3. The van der Waals surface area contributed by atoms with Gasteiger partial charge in [-0.2, -0.15) is 5.10 Å². The SMILES string of the molecule is Cn1c(=O)c2ccc(C(=O)Nc3ccc(-n4cccn4)c(F)c3)nc2n(C)c1=O. The first-order valence-electron chi connectivity index (χ1n) is 8.54. The molecule has 0 atom stereocenters. The highest BCUT2D eigenvalue weighted by Crippen LogP contribution is 2.18. The number of fused-ring (bicyclic) bond motifs is 1. The fourth-order valence-electron chi connectivity index (χ4n) is 2.96. The highest BCUT2D eigenvalue weighted by atomic mass is 19.1. The number of hydrogen-bond donors (Lipinski definition) is 1. The summed E-state index contributed by atoms with van der Waals surface area (Å²) < 4.78 is 17.9. The monoisotopic (exact) mass is 394 g/mol. The summed E-state index contributed by atoms with van der Waals surface area (Å²) in [5.74, 6) is -1.17. The van der Waals surface area contributed by atoms with Crippen molar-refractivity contribution in [3.63, 3.8) is 0 Å². The number of rotatable bonds is 3. The molecule has 146 valence electrons. The molecule has 0 unspecified atom stereocenters. The first-order chi connectivity index (χ1) is 13.9. The second kappa shape index (κ2) is 6.82. The average Bonchev–Trinajstić information content (AvgIpc) is 3.24. The zero-order chi connectivity index (χ0) is 20.7. The number of hydrogen-bond acceptors (Lipinski definition) is 5. The third kappa shape index (κ3) is 3.10. The van der Waals surface area contributed by atoms with E-state index in [0.717, 1.165) is 4.57 Å². The number of nitrogens with one attached hydrogen (secondary N) is 1. The highest BCUT2D eigenvalue weighted by molar-refractivity contribution is 6.03. The third-order valence-electron chi connectivity index (χ3n) is 4.49. The number of amides is 1. The van der Waals surface area contributed by atoms with Crippen molar-refractivity contribution >= 4 is 22.6 Å². The van der Waals surface area contributed by atoms with Crippen molar-refractivity contribution in [2.45, 2.75) is 0 Å². The van der Waals surface area contributed by atoms with E-state index in [2.05, 4.69) is 15.4 Å². The molecule has 4 rings (SSSR count). The first-order valence-corrected chi connectivity index (χ1v) is 8.54. The van der Waals surface area contributed by atoms with Gasteiger partial charge in [0.15, 0.2) is 5.82 Å². The van der Waals surface area contributed by atoms with Crippen LogP contribution in [0.1, 0.15) is 10.5 Å². The van der Waals surface area contributed by atoms with Gasteiger partial charge in [0.2, 0.25) is 0 Å². The molecule has 10 heteroatoms. The molecule has 1 aromatic carbocycles. The molecule has 0 saturated heterocycles. The number of aromatic nitrogens is 5. The van der Waals surface area contributed by atoms with Gasteiger partial charge in [-0.25, -0.2) is 18.9 Å². The Kier molecular flexibility index (Phi) is 4.30. The van der Waals surface area contributed by atoms with Crippen LogP contribution in [0.2, 0.25) is 0 Å². The fraction of sp³-hybridized carbons (Fsp3) is 0.105. The summed E-state index contributed by atoms with van der Waals surface area (Å²) in [6, 6.07) is 8.66. The number of pyridine rings is 1. The Balaban J connectivity index is 1.67. The van der Waals surface area contributed by atoms with E-state index in [1.807, 2.05) is 0 Å². The van der Waals surface area contributed by atoms with E-state index in [1.54, 1.807) is 12.3 Å². The van der Waals surface area contributed by atoms with Crippen LogP contribution in [-0.2, 0) is 14.1 Å². The molecule has 9 nitrogen and oxygen atoms in total. The summed E-state index contributed by atoms with van der Waals surface area (Å²) >= 11 is 0. The minimum atomic E-state index is -0.605. The van der Waals surface area contributed by atoms with Crippen LogP contribution in [0.15, 0.2) is 58.4 Å². The van der Waals surface area contributed by atoms with Gasteiger partial charge in [0.1, 0.15) is 17.0 Å². The Morgan fingerprint density at radius 2 is 1.90 bits per heavy atom. The van der Waals surface area contributed by atoms with Gasteiger partial charge in [0, 0.05) is 32.2 Å². The van der Waals surface area contributed by atoms with Crippen LogP contribution in [-0.4, -0.2) is 29.8 Å². The molecule has 3 heterocycles. The van der Waals surface area contributed by atoms with Gasteiger partial charge in [-0.3, -0.25) is 18.7 Å². The number of carbonyl (C=O) groups excluding carboxylic acids is 1. The summed E-state index contributed by atoms with van der Waals surface area (Å²) in [5, 5.41) is 6.73. The molecule has 0 aliphatic heterocycles. The Labute approximate surface area is 162 Å². The molecule has 0 aliphatic carbocycles. The third-order valence-corrected chi connectivity index (χ3v) is 4.49. The lowest BCUT2D eigenvalue weighted by Crippen LogP contribution is -2.37. The molecule has 4 aromatic rings. The smallest absolute Gasteiger partial charge is 0.321 e. The van der Waals surface area contributed by atoms with Gasteiger partial charge in [-0.15, -0.1) is 0 Å². The number of carbonyl (C=O) groups is 1. The van der Waals surface area contributed by atoms with E-state index in [4.69, 9.17) is 0 Å². The Bertz CT molecular complexity index is 1370. The normalized spacial score (nSPS) is 11.0. The molecule has 1 N–H and O–H groups in total. The summed E-state index contributed by atoms with van der Waals surface area (Å²) in [6.07, 6.45) is 3.13. The van der Waals surface area contributed by atoms with Gasteiger partial charge < -0.3 is 5.32 Å². The first kappa shape index (κ1) is 18.3. The number of anilines is 1. The molecule has 0 aliphatic rings. The van der Waals surface area contributed by atoms with Crippen molar-refractivity contribution in [2.24, 2.45) is 14.1 Å². The quantitative estimate of drug-likeness (QED) is 0.563. The number of benzene rings is 1. The van der Waals surface area contributed by atoms with Crippen LogP contribution in [0.25, 0.3) is 16.7 Å². The lowest BCUT2D eigenvalue weighted by molar-refractivity contribution is 0.102. The maximum absolute atomic E-state index is 14.4. The molecule has 1 amide bonds. The molecule has 0 radical (unpaired) electrons. The number of aryl methyl sites for hydroxylation is 1. The van der Waals surface area contributed by atoms with Crippen LogP contribution >= 0.6 is 0 Å². The lowest BCUT2D eigenvalue weighted by atomic mass is 10.2. The molecule has 0 fully saturated rings. The molecule has 0 bridgehead atoms. The van der Waals surface area contributed by atoms with Crippen molar-refractivity contribution < 1.29 is 9.18 Å². The van der Waals surface area contributed by atoms with Gasteiger partial charge >= 0.3 is 5.69 Å². The number of halogens is 1. The molecule has 29 heavy (non-hydrogen) atoms. The van der Waals surface area contributed by atoms with E-state index in [0.29, 0.717) is 0 Å². The van der Waals surface area contributed by atoms with Gasteiger partial charge in [0.25, 0.3) is 11.5 Å². The summed E-state index contributed by atoms with van der Waals surface area (Å²) in [5.41, 5.74) is -0.517. The number of nitrogens with zero attached hydrogens (tertiary/aromatic N) is 5. The Morgan fingerprint density at radius 3 is 2.59 bits per heavy atom. The Morgan fingerprint density at radius 1 is 1.10 bits per heavy atom. The topological polar surface area (TPSA) is 104 Å². The zero-order valence-corrected chi connectivity index (χ0v) is 15.5.